The lowest BCUT2D eigenvalue weighted by molar-refractivity contribution is -0.118. The summed E-state index contributed by atoms with van der Waals surface area (Å²) in [5.41, 5.74) is 2.48. The lowest BCUT2D eigenvalue weighted by Gasteiger charge is -2.19. The second-order valence-electron chi connectivity index (χ2n) is 7.39. The summed E-state index contributed by atoms with van der Waals surface area (Å²) in [5, 5.41) is 2.75. The average Bonchev–Trinajstić information content (AvgIpc) is 2.59. The van der Waals surface area contributed by atoms with Crippen LogP contribution >= 0.6 is 0 Å². The van der Waals surface area contributed by atoms with E-state index < -0.39 is 0 Å². The number of nitrogens with zero attached hydrogens (tertiary/aromatic N) is 1. The van der Waals surface area contributed by atoms with Crippen molar-refractivity contribution in [3.8, 4) is 5.75 Å². The van der Waals surface area contributed by atoms with Crippen LogP contribution < -0.4 is 10.1 Å². The largest absolute Gasteiger partial charge is 0.484 e. The second-order valence-corrected chi connectivity index (χ2v) is 7.39. The summed E-state index contributed by atoms with van der Waals surface area (Å²) in [4.78, 5) is 25.4. The summed E-state index contributed by atoms with van der Waals surface area (Å²) in [6.45, 7) is 6.36. The maximum absolute atomic E-state index is 12.0. The second kappa shape index (κ2) is 8.04. The zero-order chi connectivity index (χ0) is 19.3. The molecule has 0 radical (unpaired) electrons. The molecule has 0 bridgehead atoms. The van der Waals surface area contributed by atoms with Gasteiger partial charge in [0.1, 0.15) is 5.75 Å². The number of benzene rings is 2. The van der Waals surface area contributed by atoms with Crippen molar-refractivity contribution < 1.29 is 14.3 Å². The molecule has 0 aliphatic heterocycles. The number of ether oxygens (including phenoxy) is 1. The van der Waals surface area contributed by atoms with E-state index in [1.54, 1.807) is 38.4 Å². The summed E-state index contributed by atoms with van der Waals surface area (Å²) in [7, 11) is 3.40. The highest BCUT2D eigenvalue weighted by Crippen LogP contribution is 2.24. The van der Waals surface area contributed by atoms with Gasteiger partial charge >= 0.3 is 0 Å². The minimum atomic E-state index is -0.253. The molecule has 138 valence electrons. The van der Waals surface area contributed by atoms with Gasteiger partial charge in [-0.15, -0.1) is 0 Å². The minimum absolute atomic E-state index is 0.0761. The van der Waals surface area contributed by atoms with E-state index in [4.69, 9.17) is 4.74 Å². The normalized spacial score (nSPS) is 11.0. The smallest absolute Gasteiger partial charge is 0.262 e. The third kappa shape index (κ3) is 5.34. The van der Waals surface area contributed by atoms with Crippen LogP contribution in [0.25, 0.3) is 0 Å². The number of rotatable bonds is 5. The first-order chi connectivity index (χ1) is 12.2. The van der Waals surface area contributed by atoms with E-state index >= 15 is 0 Å². The van der Waals surface area contributed by atoms with E-state index in [9.17, 15) is 9.59 Å². The summed E-state index contributed by atoms with van der Waals surface area (Å²) < 4.78 is 5.53. The van der Waals surface area contributed by atoms with Gasteiger partial charge in [0.25, 0.3) is 11.8 Å². The summed E-state index contributed by atoms with van der Waals surface area (Å²) in [6.07, 6.45) is 0. The predicted octanol–water partition coefficient (Wildman–Crippen LogP) is 3.70. The van der Waals surface area contributed by atoms with E-state index in [1.807, 2.05) is 24.3 Å². The first-order valence-corrected chi connectivity index (χ1v) is 8.52. The van der Waals surface area contributed by atoms with Crippen LogP contribution in [0.1, 0.15) is 36.7 Å². The highest BCUT2D eigenvalue weighted by molar-refractivity contribution is 5.95. The molecule has 0 aliphatic carbocycles. The van der Waals surface area contributed by atoms with Gasteiger partial charge in [-0.2, -0.15) is 0 Å². The van der Waals surface area contributed by atoms with E-state index in [-0.39, 0.29) is 23.8 Å². The van der Waals surface area contributed by atoms with Crippen LogP contribution in [0.4, 0.5) is 5.69 Å². The Morgan fingerprint density at radius 3 is 2.04 bits per heavy atom. The first-order valence-electron chi connectivity index (χ1n) is 8.52. The lowest BCUT2D eigenvalue weighted by Crippen LogP contribution is -2.22. The molecule has 0 spiro atoms. The van der Waals surface area contributed by atoms with Gasteiger partial charge in [0, 0.05) is 25.3 Å². The van der Waals surface area contributed by atoms with Crippen molar-refractivity contribution in [2.75, 3.05) is 26.0 Å². The molecule has 2 amide bonds. The standard InChI is InChI=1S/C21H26N2O3/c1-21(2,3)16-8-12-18(13-9-16)26-14-19(24)22-17-10-6-15(7-11-17)20(25)23(4)5/h6-13H,14H2,1-5H3,(H,22,24). The van der Waals surface area contributed by atoms with Crippen molar-refractivity contribution in [2.24, 2.45) is 0 Å². The zero-order valence-electron chi connectivity index (χ0n) is 16.0. The fraction of sp³-hybridized carbons (Fsp3) is 0.333. The van der Waals surface area contributed by atoms with Gasteiger partial charge in [0.2, 0.25) is 0 Å². The van der Waals surface area contributed by atoms with Crippen LogP contribution in [0.15, 0.2) is 48.5 Å². The van der Waals surface area contributed by atoms with Crippen LogP contribution in [-0.4, -0.2) is 37.4 Å². The predicted molar refractivity (Wildman–Crippen MR) is 104 cm³/mol. The number of amides is 2. The van der Waals surface area contributed by atoms with Crippen molar-refractivity contribution in [1.82, 2.24) is 4.90 Å². The molecule has 2 aromatic rings. The zero-order valence-corrected chi connectivity index (χ0v) is 16.0. The van der Waals surface area contributed by atoms with E-state index in [0.29, 0.717) is 17.0 Å². The van der Waals surface area contributed by atoms with Gasteiger partial charge in [-0.1, -0.05) is 32.9 Å². The van der Waals surface area contributed by atoms with Gasteiger partial charge in [0.15, 0.2) is 6.61 Å². The molecule has 2 aromatic carbocycles. The van der Waals surface area contributed by atoms with E-state index in [0.717, 1.165) is 0 Å². The van der Waals surface area contributed by atoms with Gasteiger partial charge in [-0.25, -0.2) is 0 Å². The average molecular weight is 354 g/mol. The van der Waals surface area contributed by atoms with Crippen LogP contribution in [0, 0.1) is 0 Å². The number of carbonyl (C=O) groups is 2. The maximum atomic E-state index is 12.0. The van der Waals surface area contributed by atoms with Crippen LogP contribution in [0.3, 0.4) is 0 Å². The van der Waals surface area contributed by atoms with Gasteiger partial charge in [0.05, 0.1) is 0 Å². The maximum Gasteiger partial charge on any atom is 0.262 e. The van der Waals surface area contributed by atoms with Crippen LogP contribution in [-0.2, 0) is 10.2 Å². The molecule has 0 aromatic heterocycles. The Hall–Kier alpha value is -2.82. The van der Waals surface area contributed by atoms with Crippen molar-refractivity contribution in [3.05, 3.63) is 59.7 Å². The Balaban J connectivity index is 1.88. The Morgan fingerprint density at radius 1 is 0.962 bits per heavy atom. The molecule has 0 fully saturated rings. The Kier molecular flexibility index (Phi) is 6.03. The number of nitrogens with one attached hydrogen (secondary N) is 1. The number of hydrogen-bond donors (Lipinski definition) is 1. The lowest BCUT2D eigenvalue weighted by atomic mass is 9.87. The highest BCUT2D eigenvalue weighted by Gasteiger charge is 2.13. The Bertz CT molecular complexity index is 757. The number of hydrogen-bond acceptors (Lipinski definition) is 3. The van der Waals surface area contributed by atoms with E-state index in [2.05, 4.69) is 26.1 Å². The summed E-state index contributed by atoms with van der Waals surface area (Å²) >= 11 is 0. The molecule has 26 heavy (non-hydrogen) atoms. The molecule has 0 saturated heterocycles. The molecule has 2 rings (SSSR count). The van der Waals surface area contributed by atoms with Crippen molar-refractivity contribution >= 4 is 17.5 Å². The van der Waals surface area contributed by atoms with Crippen molar-refractivity contribution in [1.29, 1.82) is 0 Å². The molecule has 0 saturated carbocycles. The van der Waals surface area contributed by atoms with Gasteiger partial charge in [-0.3, -0.25) is 9.59 Å². The quantitative estimate of drug-likeness (QED) is 0.891. The molecule has 5 heteroatoms. The third-order valence-electron chi connectivity index (χ3n) is 3.91. The molecule has 1 N–H and O–H groups in total. The van der Waals surface area contributed by atoms with Gasteiger partial charge < -0.3 is 15.0 Å². The minimum Gasteiger partial charge on any atom is -0.484 e. The Morgan fingerprint density at radius 2 is 1.54 bits per heavy atom. The molecule has 0 atom stereocenters. The summed E-state index contributed by atoms with van der Waals surface area (Å²) in [5.74, 6) is 0.321. The fourth-order valence-corrected chi connectivity index (χ4v) is 2.35. The van der Waals surface area contributed by atoms with Crippen LogP contribution in [0.5, 0.6) is 5.75 Å². The monoisotopic (exact) mass is 354 g/mol. The van der Waals surface area contributed by atoms with E-state index in [1.165, 1.54) is 10.5 Å². The first kappa shape index (κ1) is 19.5. The van der Waals surface area contributed by atoms with Crippen molar-refractivity contribution in [3.63, 3.8) is 0 Å². The Labute approximate surface area is 155 Å². The SMILES string of the molecule is CN(C)C(=O)c1ccc(NC(=O)COc2ccc(C(C)(C)C)cc2)cc1. The molecule has 0 aliphatic rings. The van der Waals surface area contributed by atoms with Gasteiger partial charge in [-0.05, 0) is 47.4 Å². The topological polar surface area (TPSA) is 58.6 Å². The molecule has 0 heterocycles. The summed E-state index contributed by atoms with van der Waals surface area (Å²) in [6, 6.07) is 14.5. The fourth-order valence-electron chi connectivity index (χ4n) is 2.35. The highest BCUT2D eigenvalue weighted by atomic mass is 16.5. The molecular weight excluding hydrogens is 328 g/mol. The number of carbonyl (C=O) groups excluding carboxylic acids is 2. The molecule has 0 unspecified atom stereocenters. The molecule has 5 nitrogen and oxygen atoms in total. The van der Waals surface area contributed by atoms with Crippen LogP contribution in [0.2, 0.25) is 0 Å². The van der Waals surface area contributed by atoms with Crippen molar-refractivity contribution in [2.45, 2.75) is 26.2 Å². The number of anilines is 1. The molecular formula is C21H26N2O3. The third-order valence-corrected chi connectivity index (χ3v) is 3.91.